The third-order valence-electron chi connectivity index (χ3n) is 4.32. The largest absolute Gasteiger partial charge is 0.352 e. The maximum atomic E-state index is 5.27. The highest BCUT2D eigenvalue weighted by atomic mass is 15.2. The number of hydrogen-bond donors (Lipinski definition) is 0. The molecule has 0 aliphatic carbocycles. The molecule has 0 aliphatic heterocycles. The second-order valence-electron chi connectivity index (χ2n) is 7.00. The summed E-state index contributed by atoms with van der Waals surface area (Å²) in [4.78, 5) is 7.72. The van der Waals surface area contributed by atoms with Gasteiger partial charge >= 0.3 is 0 Å². The Balaban J connectivity index is 3.39. The van der Waals surface area contributed by atoms with Gasteiger partial charge in [-0.15, -0.1) is 0 Å². The molecule has 0 saturated carbocycles. The molecule has 1 atom stereocenters. The molecule has 0 amide bonds. The molecule has 0 bridgehead atoms. The van der Waals surface area contributed by atoms with E-state index in [1.54, 1.807) is 0 Å². The van der Waals surface area contributed by atoms with Crippen molar-refractivity contribution >= 4 is 5.84 Å². The van der Waals surface area contributed by atoms with Crippen molar-refractivity contribution in [1.82, 2.24) is 4.90 Å². The maximum Gasteiger partial charge on any atom is 0.131 e. The van der Waals surface area contributed by atoms with E-state index in [9.17, 15) is 0 Å². The van der Waals surface area contributed by atoms with Gasteiger partial charge in [0.15, 0.2) is 0 Å². The van der Waals surface area contributed by atoms with E-state index in [4.69, 9.17) is 4.99 Å². The van der Waals surface area contributed by atoms with Crippen LogP contribution in [-0.2, 0) is 0 Å². The minimum absolute atomic E-state index is 0.0158. The van der Waals surface area contributed by atoms with E-state index in [0.29, 0.717) is 12.1 Å². The molecule has 0 N–H and O–H groups in total. The summed E-state index contributed by atoms with van der Waals surface area (Å²) in [5, 5.41) is 0. The monoisotopic (exact) mass is 302 g/mol. The van der Waals surface area contributed by atoms with E-state index < -0.39 is 0 Å². The normalized spacial score (nSPS) is 15.2. The van der Waals surface area contributed by atoms with Gasteiger partial charge in [0.05, 0.1) is 5.54 Å². The Kier molecular flexibility index (Phi) is 7.12. The number of rotatable bonds is 7. The third kappa shape index (κ3) is 4.86. The number of benzene rings is 1. The quantitative estimate of drug-likeness (QED) is 0.478. The molecular formula is C20H34N2. The molecule has 2 heteroatoms. The van der Waals surface area contributed by atoms with E-state index in [2.05, 4.69) is 83.7 Å². The smallest absolute Gasteiger partial charge is 0.131 e. The van der Waals surface area contributed by atoms with Gasteiger partial charge in [-0.1, -0.05) is 50.6 Å². The minimum Gasteiger partial charge on any atom is -0.352 e. The molecule has 0 aromatic heterocycles. The number of amidine groups is 1. The fourth-order valence-corrected chi connectivity index (χ4v) is 3.05. The summed E-state index contributed by atoms with van der Waals surface area (Å²) in [5.41, 5.74) is 1.24. The van der Waals surface area contributed by atoms with Crippen molar-refractivity contribution in [3.05, 3.63) is 35.9 Å². The summed E-state index contributed by atoms with van der Waals surface area (Å²) in [6, 6.07) is 11.5. The topological polar surface area (TPSA) is 15.6 Å². The summed E-state index contributed by atoms with van der Waals surface area (Å²) in [6.07, 6.45) is 3.37. The van der Waals surface area contributed by atoms with Crippen LogP contribution in [0, 0.1) is 0 Å². The molecule has 0 heterocycles. The van der Waals surface area contributed by atoms with Crippen LogP contribution < -0.4 is 0 Å². The molecule has 0 radical (unpaired) electrons. The highest BCUT2D eigenvalue weighted by molar-refractivity contribution is 5.99. The lowest BCUT2D eigenvalue weighted by molar-refractivity contribution is 0.285. The molecule has 1 unspecified atom stereocenters. The SMILES string of the molecule is CCCC(C)(CC)/N=C(\c1ccccc1)N(C(C)C)C(C)C. The van der Waals surface area contributed by atoms with Gasteiger partial charge in [0.1, 0.15) is 5.84 Å². The summed E-state index contributed by atoms with van der Waals surface area (Å²) in [5.74, 6) is 1.14. The molecule has 22 heavy (non-hydrogen) atoms. The van der Waals surface area contributed by atoms with Gasteiger partial charge < -0.3 is 4.90 Å². The minimum atomic E-state index is 0.0158. The zero-order valence-corrected chi connectivity index (χ0v) is 15.6. The van der Waals surface area contributed by atoms with Gasteiger partial charge in [-0.05, 0) is 47.5 Å². The van der Waals surface area contributed by atoms with Crippen LogP contribution in [0.4, 0.5) is 0 Å². The van der Waals surface area contributed by atoms with Crippen LogP contribution in [0.2, 0.25) is 0 Å². The average molecular weight is 303 g/mol. The van der Waals surface area contributed by atoms with Crippen LogP contribution in [0.3, 0.4) is 0 Å². The van der Waals surface area contributed by atoms with Gasteiger partial charge in [-0.3, -0.25) is 4.99 Å². The van der Waals surface area contributed by atoms with Gasteiger partial charge in [-0.2, -0.15) is 0 Å². The van der Waals surface area contributed by atoms with Crippen LogP contribution in [0.25, 0.3) is 0 Å². The highest BCUT2D eigenvalue weighted by Gasteiger charge is 2.26. The Bertz CT molecular complexity index is 454. The third-order valence-corrected chi connectivity index (χ3v) is 4.32. The zero-order chi connectivity index (χ0) is 16.8. The van der Waals surface area contributed by atoms with Crippen LogP contribution in [0.5, 0.6) is 0 Å². The van der Waals surface area contributed by atoms with E-state index in [-0.39, 0.29) is 5.54 Å². The first-order chi connectivity index (χ1) is 10.3. The van der Waals surface area contributed by atoms with Crippen LogP contribution in [0.1, 0.15) is 73.3 Å². The van der Waals surface area contributed by atoms with Crippen molar-refractivity contribution in [1.29, 1.82) is 0 Å². The van der Waals surface area contributed by atoms with Crippen LogP contribution in [0.15, 0.2) is 35.3 Å². The van der Waals surface area contributed by atoms with Gasteiger partial charge in [-0.25, -0.2) is 0 Å². The summed E-state index contributed by atoms with van der Waals surface area (Å²) in [7, 11) is 0. The number of nitrogens with zero attached hydrogens (tertiary/aromatic N) is 2. The van der Waals surface area contributed by atoms with Crippen molar-refractivity contribution in [2.24, 2.45) is 4.99 Å². The molecule has 0 aliphatic rings. The summed E-state index contributed by atoms with van der Waals surface area (Å²) < 4.78 is 0. The predicted octanol–water partition coefficient (Wildman–Crippen LogP) is 5.52. The molecular weight excluding hydrogens is 268 g/mol. The fraction of sp³-hybridized carbons (Fsp3) is 0.650. The predicted molar refractivity (Wildman–Crippen MR) is 98.7 cm³/mol. The first-order valence-electron chi connectivity index (χ1n) is 8.78. The molecule has 0 fully saturated rings. The first-order valence-corrected chi connectivity index (χ1v) is 8.78. The van der Waals surface area contributed by atoms with Gasteiger partial charge in [0.25, 0.3) is 0 Å². The zero-order valence-electron chi connectivity index (χ0n) is 15.6. The molecule has 0 saturated heterocycles. The first kappa shape index (κ1) is 18.7. The number of aliphatic imine (C=N–C) groups is 1. The Labute approximate surface area is 137 Å². The summed E-state index contributed by atoms with van der Waals surface area (Å²) in [6.45, 7) is 15.8. The average Bonchev–Trinajstić information content (AvgIpc) is 2.47. The number of hydrogen-bond acceptors (Lipinski definition) is 1. The standard InChI is InChI=1S/C20H34N2/c1-8-15-20(7,9-2)21-19(18-13-11-10-12-14-18)22(16(3)4)17(5)6/h10-14,16-17H,8-9,15H2,1-7H3/b21-19+. The lowest BCUT2D eigenvalue weighted by Crippen LogP contribution is -2.44. The highest BCUT2D eigenvalue weighted by Crippen LogP contribution is 2.25. The molecule has 0 spiro atoms. The Morgan fingerprint density at radius 3 is 2.00 bits per heavy atom. The van der Waals surface area contributed by atoms with Crippen molar-refractivity contribution in [3.63, 3.8) is 0 Å². The van der Waals surface area contributed by atoms with Crippen molar-refractivity contribution in [2.75, 3.05) is 0 Å². The van der Waals surface area contributed by atoms with Crippen molar-refractivity contribution in [3.8, 4) is 0 Å². The van der Waals surface area contributed by atoms with Crippen molar-refractivity contribution in [2.45, 2.75) is 85.4 Å². The van der Waals surface area contributed by atoms with Gasteiger partial charge in [0.2, 0.25) is 0 Å². The van der Waals surface area contributed by atoms with Crippen LogP contribution >= 0.6 is 0 Å². The fourth-order valence-electron chi connectivity index (χ4n) is 3.05. The Hall–Kier alpha value is -1.31. The maximum absolute atomic E-state index is 5.27. The lowest BCUT2D eigenvalue weighted by Gasteiger charge is -2.36. The second kappa shape index (κ2) is 8.36. The molecule has 1 aromatic carbocycles. The Morgan fingerprint density at radius 2 is 1.59 bits per heavy atom. The molecule has 2 nitrogen and oxygen atoms in total. The second-order valence-corrected chi connectivity index (χ2v) is 7.00. The lowest BCUT2D eigenvalue weighted by atomic mass is 9.93. The van der Waals surface area contributed by atoms with Gasteiger partial charge in [0, 0.05) is 17.6 Å². The molecule has 1 aromatic rings. The van der Waals surface area contributed by atoms with E-state index in [0.717, 1.165) is 18.7 Å². The summed E-state index contributed by atoms with van der Waals surface area (Å²) >= 11 is 0. The Morgan fingerprint density at radius 1 is 1.05 bits per heavy atom. The van der Waals surface area contributed by atoms with E-state index in [1.807, 2.05) is 0 Å². The van der Waals surface area contributed by atoms with E-state index >= 15 is 0 Å². The van der Waals surface area contributed by atoms with E-state index in [1.165, 1.54) is 12.0 Å². The van der Waals surface area contributed by atoms with Crippen molar-refractivity contribution < 1.29 is 0 Å². The molecule has 1 rings (SSSR count). The molecule has 124 valence electrons. The van der Waals surface area contributed by atoms with Crippen LogP contribution in [-0.4, -0.2) is 28.4 Å².